The van der Waals surface area contributed by atoms with Crippen LogP contribution in [0.4, 0.5) is 10.1 Å². The zero-order valence-electron chi connectivity index (χ0n) is 11.3. The minimum atomic E-state index is -3.98. The van der Waals surface area contributed by atoms with Gasteiger partial charge in [0.2, 0.25) is 10.0 Å². The number of carbonyl (C=O) groups excluding carboxylic acids is 1. The van der Waals surface area contributed by atoms with E-state index in [1.165, 1.54) is 6.07 Å². The van der Waals surface area contributed by atoms with E-state index in [2.05, 4.69) is 5.32 Å². The summed E-state index contributed by atoms with van der Waals surface area (Å²) in [7, 11) is -3.98. The summed E-state index contributed by atoms with van der Waals surface area (Å²) in [6, 6.07) is 4.41. The normalized spacial score (nSPS) is 11.4. The first-order chi connectivity index (χ1) is 9.68. The van der Waals surface area contributed by atoms with E-state index in [-0.39, 0.29) is 16.1 Å². The summed E-state index contributed by atoms with van der Waals surface area (Å²) in [5.41, 5.74) is -0.0299. The summed E-state index contributed by atoms with van der Waals surface area (Å²) in [6.45, 7) is 3.27. The number of furan rings is 1. The number of halogens is 1. The zero-order chi connectivity index (χ0) is 15.8. The summed E-state index contributed by atoms with van der Waals surface area (Å²) in [4.78, 5) is 11.8. The average molecular weight is 312 g/mol. The van der Waals surface area contributed by atoms with Gasteiger partial charge in [-0.1, -0.05) is 0 Å². The molecule has 1 heterocycles. The van der Waals surface area contributed by atoms with Crippen molar-refractivity contribution < 1.29 is 22.0 Å². The van der Waals surface area contributed by atoms with Crippen molar-refractivity contribution in [2.24, 2.45) is 5.14 Å². The highest BCUT2D eigenvalue weighted by Gasteiger charge is 2.17. The second-order valence-corrected chi connectivity index (χ2v) is 6.03. The minimum absolute atomic E-state index is 0.243. The van der Waals surface area contributed by atoms with Crippen molar-refractivity contribution >= 4 is 21.6 Å². The Balaban J connectivity index is 2.35. The van der Waals surface area contributed by atoms with Crippen LogP contribution in [0.5, 0.6) is 0 Å². The molecule has 21 heavy (non-hydrogen) atoms. The number of aryl methyl sites for hydroxylation is 2. The van der Waals surface area contributed by atoms with Gasteiger partial charge in [0.05, 0.1) is 16.1 Å². The van der Waals surface area contributed by atoms with Crippen molar-refractivity contribution in [1.29, 1.82) is 0 Å². The Morgan fingerprint density at radius 3 is 2.48 bits per heavy atom. The fraction of sp³-hybridized carbons (Fsp3) is 0.154. The van der Waals surface area contributed by atoms with Crippen LogP contribution in [0.3, 0.4) is 0 Å². The minimum Gasteiger partial charge on any atom is -0.466 e. The largest absolute Gasteiger partial charge is 0.466 e. The lowest BCUT2D eigenvalue weighted by molar-refractivity contribution is 0.102. The second kappa shape index (κ2) is 5.30. The summed E-state index contributed by atoms with van der Waals surface area (Å²) >= 11 is 0. The smallest absolute Gasteiger partial charge is 0.259 e. The number of anilines is 1. The number of sulfonamides is 1. The van der Waals surface area contributed by atoms with E-state index in [9.17, 15) is 17.6 Å². The molecule has 0 fully saturated rings. The van der Waals surface area contributed by atoms with Gasteiger partial charge in [-0.05, 0) is 38.1 Å². The molecule has 1 aromatic heterocycles. The van der Waals surface area contributed by atoms with Crippen molar-refractivity contribution in [3.8, 4) is 0 Å². The van der Waals surface area contributed by atoms with Crippen LogP contribution in [-0.4, -0.2) is 14.3 Å². The van der Waals surface area contributed by atoms with Crippen LogP contribution in [0, 0.1) is 19.7 Å². The number of nitrogens with one attached hydrogen (secondary N) is 1. The maximum Gasteiger partial charge on any atom is 0.259 e. The van der Waals surface area contributed by atoms with Gasteiger partial charge in [-0.2, -0.15) is 0 Å². The third kappa shape index (κ3) is 3.29. The fourth-order valence-corrected chi connectivity index (χ4v) is 2.36. The van der Waals surface area contributed by atoms with Gasteiger partial charge in [-0.3, -0.25) is 4.79 Å². The molecule has 2 aromatic rings. The summed E-state index contributed by atoms with van der Waals surface area (Å²) in [5.74, 6) is -0.451. The molecule has 0 saturated carbocycles. The lowest BCUT2D eigenvalue weighted by atomic mass is 10.2. The van der Waals surface area contributed by atoms with Gasteiger partial charge < -0.3 is 9.73 Å². The SMILES string of the molecule is Cc1cc(C(=O)Nc2cc(S(N)(=O)=O)ccc2F)c(C)o1. The molecule has 112 valence electrons. The molecule has 1 aromatic carbocycles. The van der Waals surface area contributed by atoms with E-state index in [1.54, 1.807) is 13.8 Å². The van der Waals surface area contributed by atoms with Gasteiger partial charge in [-0.15, -0.1) is 0 Å². The third-order valence-corrected chi connectivity index (χ3v) is 3.71. The molecular formula is C13H13FN2O4S. The fourth-order valence-electron chi connectivity index (χ4n) is 1.82. The van der Waals surface area contributed by atoms with Crippen LogP contribution in [0.1, 0.15) is 21.9 Å². The van der Waals surface area contributed by atoms with Gasteiger partial charge in [0.1, 0.15) is 17.3 Å². The van der Waals surface area contributed by atoms with Crippen LogP contribution < -0.4 is 10.5 Å². The van der Waals surface area contributed by atoms with Crippen molar-refractivity contribution in [2.75, 3.05) is 5.32 Å². The molecule has 0 spiro atoms. The van der Waals surface area contributed by atoms with E-state index < -0.39 is 21.7 Å². The van der Waals surface area contributed by atoms with Gasteiger partial charge >= 0.3 is 0 Å². The summed E-state index contributed by atoms with van der Waals surface area (Å²) < 4.78 is 41.4. The van der Waals surface area contributed by atoms with Crippen LogP contribution in [-0.2, 0) is 10.0 Å². The highest BCUT2D eigenvalue weighted by atomic mass is 32.2. The molecule has 0 unspecified atom stereocenters. The number of amides is 1. The number of benzene rings is 1. The highest BCUT2D eigenvalue weighted by molar-refractivity contribution is 7.89. The Labute approximate surface area is 120 Å². The highest BCUT2D eigenvalue weighted by Crippen LogP contribution is 2.21. The average Bonchev–Trinajstić information content (AvgIpc) is 2.70. The molecule has 0 aliphatic rings. The predicted molar refractivity (Wildman–Crippen MR) is 73.9 cm³/mol. The molecule has 0 aliphatic heterocycles. The van der Waals surface area contributed by atoms with Gasteiger partial charge in [0.15, 0.2) is 0 Å². The predicted octanol–water partition coefficient (Wildman–Crippen LogP) is 1.94. The van der Waals surface area contributed by atoms with Crippen molar-refractivity contribution in [3.05, 3.63) is 47.2 Å². The number of hydrogen-bond donors (Lipinski definition) is 2. The molecule has 1 amide bonds. The van der Waals surface area contributed by atoms with Crippen LogP contribution in [0.25, 0.3) is 0 Å². The Morgan fingerprint density at radius 2 is 1.95 bits per heavy atom. The first-order valence-electron chi connectivity index (χ1n) is 5.89. The molecule has 0 bridgehead atoms. The standard InChI is InChI=1S/C13H13FN2O4S/c1-7-5-10(8(2)20-7)13(17)16-12-6-9(21(15,18)19)3-4-11(12)14/h3-6H,1-2H3,(H,16,17)(H2,15,18,19). The number of rotatable bonds is 3. The van der Waals surface area contributed by atoms with E-state index in [4.69, 9.17) is 9.56 Å². The Hall–Kier alpha value is -2.19. The summed E-state index contributed by atoms with van der Waals surface area (Å²) in [6.07, 6.45) is 0. The van der Waals surface area contributed by atoms with E-state index in [1.807, 2.05) is 0 Å². The Bertz CT molecular complexity index is 812. The van der Waals surface area contributed by atoms with Gasteiger partial charge in [0.25, 0.3) is 5.91 Å². The molecule has 0 radical (unpaired) electrons. The lowest BCUT2D eigenvalue weighted by Crippen LogP contribution is -2.16. The number of hydrogen-bond acceptors (Lipinski definition) is 4. The second-order valence-electron chi connectivity index (χ2n) is 4.47. The van der Waals surface area contributed by atoms with Crippen molar-refractivity contribution in [3.63, 3.8) is 0 Å². The zero-order valence-corrected chi connectivity index (χ0v) is 12.1. The molecular weight excluding hydrogens is 299 g/mol. The molecule has 6 nitrogen and oxygen atoms in total. The quantitative estimate of drug-likeness (QED) is 0.904. The maximum atomic E-state index is 13.7. The third-order valence-electron chi connectivity index (χ3n) is 2.80. The van der Waals surface area contributed by atoms with Gasteiger partial charge in [-0.25, -0.2) is 17.9 Å². The molecule has 0 aliphatic carbocycles. The molecule has 3 N–H and O–H groups in total. The lowest BCUT2D eigenvalue weighted by Gasteiger charge is -2.07. The first kappa shape index (κ1) is 15.2. The molecule has 8 heteroatoms. The Kier molecular flexibility index (Phi) is 3.84. The van der Waals surface area contributed by atoms with E-state index >= 15 is 0 Å². The van der Waals surface area contributed by atoms with Crippen molar-refractivity contribution in [1.82, 2.24) is 0 Å². The Morgan fingerprint density at radius 1 is 1.29 bits per heavy atom. The van der Waals surface area contributed by atoms with Crippen LogP contribution >= 0.6 is 0 Å². The molecule has 0 saturated heterocycles. The van der Waals surface area contributed by atoms with Crippen LogP contribution in [0.15, 0.2) is 33.6 Å². The summed E-state index contributed by atoms with van der Waals surface area (Å²) in [5, 5.41) is 7.27. The van der Waals surface area contributed by atoms with Crippen LogP contribution in [0.2, 0.25) is 0 Å². The number of nitrogens with two attached hydrogens (primary N) is 1. The maximum absolute atomic E-state index is 13.7. The first-order valence-corrected chi connectivity index (χ1v) is 7.44. The van der Waals surface area contributed by atoms with E-state index in [0.717, 1.165) is 18.2 Å². The number of carbonyl (C=O) groups is 1. The molecule has 2 rings (SSSR count). The monoisotopic (exact) mass is 312 g/mol. The molecule has 0 atom stereocenters. The van der Waals surface area contributed by atoms with Crippen molar-refractivity contribution in [2.45, 2.75) is 18.7 Å². The number of primary sulfonamides is 1. The van der Waals surface area contributed by atoms with E-state index in [0.29, 0.717) is 11.5 Å². The van der Waals surface area contributed by atoms with Gasteiger partial charge in [0, 0.05) is 0 Å². The topological polar surface area (TPSA) is 102 Å².